The fraction of sp³-hybridized carbons (Fsp3) is 0.259. The monoisotopic (exact) mass is 444 g/mol. The second-order valence-electron chi connectivity index (χ2n) is 7.98. The van der Waals surface area contributed by atoms with Crippen molar-refractivity contribution in [2.75, 3.05) is 19.5 Å². The summed E-state index contributed by atoms with van der Waals surface area (Å²) in [5.41, 5.74) is 4.32. The van der Waals surface area contributed by atoms with Gasteiger partial charge in [-0.25, -0.2) is 0 Å². The number of nitrogens with one attached hydrogen (secondary N) is 1. The molecule has 0 aliphatic carbocycles. The van der Waals surface area contributed by atoms with Crippen molar-refractivity contribution in [3.8, 4) is 11.5 Å². The van der Waals surface area contributed by atoms with Crippen LogP contribution in [0.5, 0.6) is 11.5 Å². The van der Waals surface area contributed by atoms with Gasteiger partial charge in [-0.1, -0.05) is 49.4 Å². The van der Waals surface area contributed by atoms with Crippen molar-refractivity contribution in [1.82, 2.24) is 4.90 Å². The van der Waals surface area contributed by atoms with Crippen LogP contribution < -0.4 is 14.8 Å². The highest BCUT2D eigenvalue weighted by Gasteiger charge is 2.35. The van der Waals surface area contributed by atoms with Crippen LogP contribution in [0.25, 0.3) is 0 Å². The van der Waals surface area contributed by atoms with Crippen LogP contribution in [0.2, 0.25) is 0 Å². The predicted molar refractivity (Wildman–Crippen MR) is 128 cm³/mol. The number of anilines is 1. The molecule has 0 saturated heterocycles. The van der Waals surface area contributed by atoms with Crippen LogP contribution in [0, 0.1) is 0 Å². The van der Waals surface area contributed by atoms with E-state index in [1.807, 2.05) is 60.7 Å². The van der Waals surface area contributed by atoms with E-state index >= 15 is 0 Å². The molecule has 33 heavy (non-hydrogen) atoms. The Morgan fingerprint density at radius 2 is 1.73 bits per heavy atom. The molecule has 1 N–H and O–H groups in total. The summed E-state index contributed by atoms with van der Waals surface area (Å²) in [6.45, 7) is 2.50. The number of fused-ring (bicyclic) bond motifs is 1. The normalized spacial score (nSPS) is 13.4. The number of benzene rings is 3. The summed E-state index contributed by atoms with van der Waals surface area (Å²) in [5, 5.41) is 3.04. The minimum Gasteiger partial charge on any atom is -0.493 e. The zero-order valence-electron chi connectivity index (χ0n) is 19.1. The van der Waals surface area contributed by atoms with E-state index < -0.39 is 6.04 Å². The van der Waals surface area contributed by atoms with Gasteiger partial charge in [0.15, 0.2) is 11.5 Å². The second kappa shape index (κ2) is 9.77. The van der Waals surface area contributed by atoms with Crippen molar-refractivity contribution in [3.05, 3.63) is 89.0 Å². The Kier molecular flexibility index (Phi) is 6.63. The van der Waals surface area contributed by atoms with Crippen LogP contribution in [0.15, 0.2) is 66.7 Å². The van der Waals surface area contributed by atoms with Crippen LogP contribution in [0.4, 0.5) is 5.69 Å². The van der Waals surface area contributed by atoms with Crippen LogP contribution in [0.3, 0.4) is 0 Å². The van der Waals surface area contributed by atoms with Crippen LogP contribution >= 0.6 is 0 Å². The summed E-state index contributed by atoms with van der Waals surface area (Å²) in [5.74, 6) is 0.921. The maximum absolute atomic E-state index is 13.3. The first-order valence-corrected chi connectivity index (χ1v) is 11.0. The zero-order valence-corrected chi connectivity index (χ0v) is 19.1. The molecule has 1 heterocycles. The number of hydrogen-bond donors (Lipinski definition) is 1. The van der Waals surface area contributed by atoms with E-state index in [2.05, 4.69) is 12.2 Å². The number of carbonyl (C=O) groups is 2. The summed E-state index contributed by atoms with van der Waals surface area (Å²) in [6.07, 6.45) is 0.933. The number of methoxy groups -OCH3 is 2. The number of carbonyl (C=O) groups excluding carboxylic acids is 2. The number of nitrogens with zero attached hydrogens (tertiary/aromatic N) is 1. The molecule has 2 amide bonds. The standard InChI is InChI=1S/C27H28N2O4/c1-4-18-9-6-8-12-22(18)28-26(30)16-23(19-13-14-24(32-2)25(15-19)33-3)29-17-20-10-5-7-11-21(20)27(29)31/h5-15,23H,4,16-17H2,1-3H3,(H,28,30)/t23-/m1/s1. The fourth-order valence-corrected chi connectivity index (χ4v) is 4.32. The highest BCUT2D eigenvalue weighted by Crippen LogP contribution is 2.37. The lowest BCUT2D eigenvalue weighted by Crippen LogP contribution is -2.32. The van der Waals surface area contributed by atoms with E-state index in [0.717, 1.165) is 28.8 Å². The molecule has 0 unspecified atom stereocenters. The largest absolute Gasteiger partial charge is 0.493 e. The van der Waals surface area contributed by atoms with Gasteiger partial charge in [0.1, 0.15) is 0 Å². The molecule has 0 bridgehead atoms. The maximum Gasteiger partial charge on any atom is 0.255 e. The summed E-state index contributed by atoms with van der Waals surface area (Å²) in [4.78, 5) is 28.2. The highest BCUT2D eigenvalue weighted by molar-refractivity contribution is 5.99. The average Bonchev–Trinajstić information content (AvgIpc) is 3.18. The van der Waals surface area contributed by atoms with Gasteiger partial charge in [0.2, 0.25) is 5.91 Å². The van der Waals surface area contributed by atoms with E-state index in [0.29, 0.717) is 23.6 Å². The first-order valence-electron chi connectivity index (χ1n) is 11.0. The molecule has 3 aromatic carbocycles. The fourth-order valence-electron chi connectivity index (χ4n) is 4.32. The summed E-state index contributed by atoms with van der Waals surface area (Å²) >= 11 is 0. The summed E-state index contributed by atoms with van der Waals surface area (Å²) < 4.78 is 10.8. The molecular formula is C27H28N2O4. The molecule has 1 aliphatic heterocycles. The highest BCUT2D eigenvalue weighted by atomic mass is 16.5. The minimum absolute atomic E-state index is 0.0767. The maximum atomic E-state index is 13.3. The van der Waals surface area contributed by atoms with Gasteiger partial charge in [-0.3, -0.25) is 9.59 Å². The number of aryl methyl sites for hydroxylation is 1. The Morgan fingerprint density at radius 1 is 1.00 bits per heavy atom. The van der Waals surface area contributed by atoms with Gasteiger partial charge in [-0.05, 0) is 47.4 Å². The summed E-state index contributed by atoms with van der Waals surface area (Å²) in [6, 6.07) is 20.4. The van der Waals surface area contributed by atoms with E-state index in [9.17, 15) is 9.59 Å². The number of rotatable bonds is 8. The average molecular weight is 445 g/mol. The number of para-hydroxylation sites is 1. The molecule has 170 valence electrons. The molecule has 0 radical (unpaired) electrons. The van der Waals surface area contributed by atoms with Gasteiger partial charge in [-0.2, -0.15) is 0 Å². The quantitative estimate of drug-likeness (QED) is 0.531. The molecule has 0 spiro atoms. The first-order chi connectivity index (χ1) is 16.0. The molecule has 4 rings (SSSR count). The molecule has 6 heteroatoms. The van der Waals surface area contributed by atoms with Crippen molar-refractivity contribution in [2.24, 2.45) is 0 Å². The lowest BCUT2D eigenvalue weighted by atomic mass is 10.0. The molecule has 3 aromatic rings. The molecular weight excluding hydrogens is 416 g/mol. The molecule has 0 aromatic heterocycles. The van der Waals surface area contributed by atoms with Crippen LogP contribution in [0.1, 0.15) is 46.4 Å². The van der Waals surface area contributed by atoms with Crippen molar-refractivity contribution in [1.29, 1.82) is 0 Å². The van der Waals surface area contributed by atoms with Gasteiger partial charge in [-0.15, -0.1) is 0 Å². The third-order valence-electron chi connectivity index (χ3n) is 6.07. The van der Waals surface area contributed by atoms with E-state index in [-0.39, 0.29) is 18.2 Å². The van der Waals surface area contributed by atoms with Crippen molar-refractivity contribution in [2.45, 2.75) is 32.4 Å². The van der Waals surface area contributed by atoms with Gasteiger partial charge in [0.25, 0.3) is 5.91 Å². The topological polar surface area (TPSA) is 67.9 Å². The van der Waals surface area contributed by atoms with Gasteiger partial charge in [0.05, 0.1) is 26.7 Å². The summed E-state index contributed by atoms with van der Waals surface area (Å²) in [7, 11) is 3.15. The Morgan fingerprint density at radius 3 is 2.45 bits per heavy atom. The lowest BCUT2D eigenvalue weighted by molar-refractivity contribution is -0.117. The second-order valence-corrected chi connectivity index (χ2v) is 7.98. The van der Waals surface area contributed by atoms with Crippen molar-refractivity contribution >= 4 is 17.5 Å². The van der Waals surface area contributed by atoms with E-state index in [1.165, 1.54) is 0 Å². The molecule has 0 saturated carbocycles. The Bertz CT molecular complexity index is 1170. The minimum atomic E-state index is -0.460. The smallest absolute Gasteiger partial charge is 0.255 e. The Hall–Kier alpha value is -3.80. The Labute approximate surface area is 194 Å². The molecule has 1 aliphatic rings. The third-order valence-corrected chi connectivity index (χ3v) is 6.07. The van der Waals surface area contributed by atoms with E-state index in [4.69, 9.17) is 9.47 Å². The van der Waals surface area contributed by atoms with Gasteiger partial charge < -0.3 is 19.7 Å². The van der Waals surface area contributed by atoms with E-state index in [1.54, 1.807) is 25.2 Å². The number of ether oxygens (including phenoxy) is 2. The Balaban J connectivity index is 1.66. The lowest BCUT2D eigenvalue weighted by Gasteiger charge is -2.28. The third kappa shape index (κ3) is 4.55. The van der Waals surface area contributed by atoms with Crippen molar-refractivity contribution in [3.63, 3.8) is 0 Å². The SMILES string of the molecule is CCc1ccccc1NC(=O)C[C@H](c1ccc(OC)c(OC)c1)N1Cc2ccccc2C1=O. The molecule has 1 atom stereocenters. The van der Waals surface area contributed by atoms with Crippen LogP contribution in [-0.2, 0) is 17.8 Å². The van der Waals surface area contributed by atoms with Crippen molar-refractivity contribution < 1.29 is 19.1 Å². The number of amides is 2. The van der Waals surface area contributed by atoms with Gasteiger partial charge >= 0.3 is 0 Å². The first kappa shape index (κ1) is 22.4. The molecule has 6 nitrogen and oxygen atoms in total. The molecule has 0 fully saturated rings. The predicted octanol–water partition coefficient (Wildman–Crippen LogP) is 4.99. The van der Waals surface area contributed by atoms with Crippen LogP contribution in [-0.4, -0.2) is 30.9 Å². The van der Waals surface area contributed by atoms with Gasteiger partial charge in [0, 0.05) is 17.8 Å². The number of hydrogen-bond acceptors (Lipinski definition) is 4. The zero-order chi connectivity index (χ0) is 23.4.